The number of benzene rings is 1. The van der Waals surface area contributed by atoms with E-state index in [1.807, 2.05) is 31.2 Å². The molecule has 5 N–H and O–H groups in total. The van der Waals surface area contributed by atoms with Crippen molar-refractivity contribution >= 4 is 34.6 Å². The van der Waals surface area contributed by atoms with Crippen molar-refractivity contribution in [2.75, 3.05) is 18.9 Å². The lowest BCUT2D eigenvalue weighted by molar-refractivity contribution is -0.120. The smallest absolute Gasteiger partial charge is 0.404 e. The van der Waals surface area contributed by atoms with Gasteiger partial charge in [0.05, 0.1) is 0 Å². The van der Waals surface area contributed by atoms with Crippen molar-refractivity contribution in [2.45, 2.75) is 26.3 Å². The molecule has 2 heterocycles. The summed E-state index contributed by atoms with van der Waals surface area (Å²) in [6.45, 7) is 2.41. The average Bonchev–Trinajstić information content (AvgIpc) is 2.81. The molecule has 3 aromatic rings. The first kappa shape index (κ1) is 23.5. The van der Waals surface area contributed by atoms with Crippen molar-refractivity contribution in [3.05, 3.63) is 54.0 Å². The maximum atomic E-state index is 12.0. The minimum Gasteiger partial charge on any atom is -0.465 e. The van der Waals surface area contributed by atoms with E-state index in [1.165, 1.54) is 0 Å². The van der Waals surface area contributed by atoms with Crippen LogP contribution in [0.2, 0.25) is 0 Å². The quantitative estimate of drug-likeness (QED) is 0.357. The summed E-state index contributed by atoms with van der Waals surface area (Å²) in [4.78, 5) is 43.2. The third kappa shape index (κ3) is 6.16. The van der Waals surface area contributed by atoms with Crippen molar-refractivity contribution < 1.29 is 19.5 Å². The van der Waals surface area contributed by atoms with Gasteiger partial charge in [-0.15, -0.1) is 0 Å². The lowest BCUT2D eigenvalue weighted by Gasteiger charge is -2.14. The molecule has 33 heavy (non-hydrogen) atoms. The minimum atomic E-state index is -1.12. The van der Waals surface area contributed by atoms with Crippen molar-refractivity contribution in [3.63, 3.8) is 0 Å². The first-order valence-corrected chi connectivity index (χ1v) is 10.5. The van der Waals surface area contributed by atoms with Gasteiger partial charge in [0, 0.05) is 50.0 Å². The van der Waals surface area contributed by atoms with Gasteiger partial charge in [0.2, 0.25) is 5.91 Å². The van der Waals surface area contributed by atoms with Crippen molar-refractivity contribution in [3.8, 4) is 11.1 Å². The largest absolute Gasteiger partial charge is 0.465 e. The molecule has 0 unspecified atom stereocenters. The van der Waals surface area contributed by atoms with Crippen LogP contribution in [-0.2, 0) is 17.8 Å². The van der Waals surface area contributed by atoms with Crippen LogP contribution in [0.4, 0.5) is 15.4 Å². The number of carbonyl (C=O) groups excluding carboxylic acids is 2. The van der Waals surface area contributed by atoms with Gasteiger partial charge in [0.15, 0.2) is 0 Å². The van der Waals surface area contributed by atoms with Crippen LogP contribution >= 0.6 is 0 Å². The summed E-state index contributed by atoms with van der Waals surface area (Å²) in [7, 11) is 1.60. The molecule has 10 nitrogen and oxygen atoms in total. The van der Waals surface area contributed by atoms with E-state index in [1.54, 1.807) is 25.5 Å². The van der Waals surface area contributed by atoms with Crippen LogP contribution in [-0.4, -0.2) is 46.7 Å². The summed E-state index contributed by atoms with van der Waals surface area (Å²) in [5.41, 5.74) is 3.28. The maximum absolute atomic E-state index is 12.0. The Morgan fingerprint density at radius 2 is 1.85 bits per heavy atom. The molecular formula is C23H26N6O4. The monoisotopic (exact) mass is 450 g/mol. The number of aryl methyl sites for hydroxylation is 1. The summed E-state index contributed by atoms with van der Waals surface area (Å²) in [5, 5.41) is 20.9. The van der Waals surface area contributed by atoms with Crippen LogP contribution in [0.15, 0.2) is 42.7 Å². The van der Waals surface area contributed by atoms with Crippen LogP contribution in [0.25, 0.3) is 21.9 Å². The molecular weight excluding hydrogens is 424 g/mol. The minimum absolute atomic E-state index is 0.0601. The Labute approximate surface area is 190 Å². The summed E-state index contributed by atoms with van der Waals surface area (Å²) in [6, 6.07) is 8.92. The van der Waals surface area contributed by atoms with E-state index in [2.05, 4.69) is 31.2 Å². The standard InChI is InChI=1S/C23H26N6O4/c1-3-25-22(31)29-20-11-18-17(6-4-15(12-28-23(32)33)19(18)13-27-20)14-8-9-26-16(10-14)5-7-21(30)24-2/h4,6,8-11,13,28H,3,5,7,12H2,1-2H3,(H,24,30)(H,32,33)(H2,25,27,29,31). The Hall–Kier alpha value is -4.21. The molecule has 0 aliphatic heterocycles. The Kier molecular flexibility index (Phi) is 7.74. The van der Waals surface area contributed by atoms with Gasteiger partial charge < -0.3 is 21.1 Å². The zero-order chi connectivity index (χ0) is 23.8. The highest BCUT2D eigenvalue weighted by Gasteiger charge is 2.13. The van der Waals surface area contributed by atoms with E-state index in [0.717, 1.165) is 33.2 Å². The number of nitrogens with zero attached hydrogens (tertiary/aromatic N) is 2. The second-order valence-electron chi connectivity index (χ2n) is 7.24. The van der Waals surface area contributed by atoms with Gasteiger partial charge in [-0.1, -0.05) is 12.1 Å². The first-order chi connectivity index (χ1) is 15.9. The molecule has 0 bridgehead atoms. The highest BCUT2D eigenvalue weighted by atomic mass is 16.4. The molecule has 1 aromatic carbocycles. The van der Waals surface area contributed by atoms with Gasteiger partial charge in [-0.25, -0.2) is 14.6 Å². The van der Waals surface area contributed by atoms with Gasteiger partial charge in [0.25, 0.3) is 0 Å². The molecule has 2 aromatic heterocycles. The number of hydrogen-bond donors (Lipinski definition) is 5. The lowest BCUT2D eigenvalue weighted by Crippen LogP contribution is -2.28. The Balaban J connectivity index is 2.04. The van der Waals surface area contributed by atoms with Gasteiger partial charge in [0.1, 0.15) is 5.82 Å². The predicted octanol–water partition coefficient (Wildman–Crippen LogP) is 2.88. The molecule has 3 rings (SSSR count). The van der Waals surface area contributed by atoms with Gasteiger partial charge in [-0.05, 0) is 53.6 Å². The fraction of sp³-hybridized carbons (Fsp3) is 0.261. The molecule has 0 aliphatic rings. The number of urea groups is 1. The number of fused-ring (bicyclic) bond motifs is 1. The normalized spacial score (nSPS) is 10.5. The number of hydrogen-bond acceptors (Lipinski definition) is 5. The predicted molar refractivity (Wildman–Crippen MR) is 125 cm³/mol. The zero-order valence-corrected chi connectivity index (χ0v) is 18.4. The second-order valence-corrected chi connectivity index (χ2v) is 7.24. The highest BCUT2D eigenvalue weighted by Crippen LogP contribution is 2.32. The fourth-order valence-electron chi connectivity index (χ4n) is 3.41. The number of rotatable bonds is 8. The Morgan fingerprint density at radius 3 is 2.58 bits per heavy atom. The number of carboxylic acid groups (broad SMARTS) is 1. The molecule has 0 saturated heterocycles. The topological polar surface area (TPSA) is 145 Å². The van der Waals surface area contributed by atoms with Gasteiger partial charge >= 0.3 is 12.1 Å². The SMILES string of the molecule is CCNC(=O)Nc1cc2c(-c3ccnc(CCC(=O)NC)c3)ccc(CNC(=O)O)c2cn1. The van der Waals surface area contributed by atoms with Crippen LogP contribution in [0.1, 0.15) is 24.6 Å². The van der Waals surface area contributed by atoms with Gasteiger partial charge in [-0.3, -0.25) is 15.1 Å². The van der Waals surface area contributed by atoms with Crippen molar-refractivity contribution in [1.29, 1.82) is 0 Å². The Bertz CT molecular complexity index is 1180. The Morgan fingerprint density at radius 1 is 1.03 bits per heavy atom. The third-order valence-corrected chi connectivity index (χ3v) is 5.01. The highest BCUT2D eigenvalue weighted by molar-refractivity contribution is 6.01. The molecule has 0 fully saturated rings. The number of aromatic nitrogens is 2. The first-order valence-electron chi connectivity index (χ1n) is 10.5. The molecule has 10 heteroatoms. The van der Waals surface area contributed by atoms with Crippen LogP contribution in [0.3, 0.4) is 0 Å². The number of carbonyl (C=O) groups is 3. The summed E-state index contributed by atoms with van der Waals surface area (Å²) in [5.74, 6) is 0.307. The van der Waals surface area contributed by atoms with Crippen LogP contribution < -0.4 is 21.3 Å². The van der Waals surface area contributed by atoms with E-state index in [0.29, 0.717) is 25.2 Å². The number of anilines is 1. The van der Waals surface area contributed by atoms with E-state index in [9.17, 15) is 14.4 Å². The molecule has 0 radical (unpaired) electrons. The third-order valence-electron chi connectivity index (χ3n) is 5.01. The summed E-state index contributed by atoms with van der Waals surface area (Å²) >= 11 is 0. The summed E-state index contributed by atoms with van der Waals surface area (Å²) < 4.78 is 0. The average molecular weight is 450 g/mol. The zero-order valence-electron chi connectivity index (χ0n) is 18.4. The summed E-state index contributed by atoms with van der Waals surface area (Å²) in [6.07, 6.45) is 3.02. The maximum Gasteiger partial charge on any atom is 0.404 e. The molecule has 0 aliphatic carbocycles. The molecule has 0 atom stereocenters. The fourth-order valence-corrected chi connectivity index (χ4v) is 3.41. The molecule has 0 saturated carbocycles. The van der Waals surface area contributed by atoms with E-state index in [-0.39, 0.29) is 18.5 Å². The van der Waals surface area contributed by atoms with E-state index >= 15 is 0 Å². The molecule has 172 valence electrons. The molecule has 0 spiro atoms. The van der Waals surface area contributed by atoms with E-state index in [4.69, 9.17) is 5.11 Å². The van der Waals surface area contributed by atoms with Crippen LogP contribution in [0, 0.1) is 0 Å². The molecule has 4 amide bonds. The second kappa shape index (κ2) is 10.9. The number of nitrogens with one attached hydrogen (secondary N) is 4. The van der Waals surface area contributed by atoms with Crippen LogP contribution in [0.5, 0.6) is 0 Å². The van der Waals surface area contributed by atoms with E-state index < -0.39 is 6.09 Å². The lowest BCUT2D eigenvalue weighted by atomic mass is 9.95. The van der Waals surface area contributed by atoms with Crippen molar-refractivity contribution in [2.24, 2.45) is 0 Å². The van der Waals surface area contributed by atoms with Crippen molar-refractivity contribution in [1.82, 2.24) is 25.9 Å². The number of pyridine rings is 2. The van der Waals surface area contributed by atoms with Gasteiger partial charge in [-0.2, -0.15) is 0 Å². The number of amides is 4.